The van der Waals surface area contributed by atoms with Gasteiger partial charge in [-0.2, -0.15) is 0 Å². The third-order valence-electron chi connectivity index (χ3n) is 4.16. The number of esters is 1. The van der Waals surface area contributed by atoms with Gasteiger partial charge in [-0.05, 0) is 35.4 Å². The van der Waals surface area contributed by atoms with Crippen LogP contribution < -0.4 is 19.5 Å². The van der Waals surface area contributed by atoms with Gasteiger partial charge < -0.3 is 24.3 Å². The lowest BCUT2D eigenvalue weighted by Crippen LogP contribution is -2.13. The molecule has 0 saturated heterocycles. The van der Waals surface area contributed by atoms with Crippen LogP contribution in [0.2, 0.25) is 0 Å². The van der Waals surface area contributed by atoms with Crippen molar-refractivity contribution in [3.05, 3.63) is 41.5 Å². The highest BCUT2D eigenvalue weighted by molar-refractivity contribution is 5.99. The Balaban J connectivity index is 2.08. The van der Waals surface area contributed by atoms with Crippen molar-refractivity contribution >= 4 is 11.9 Å². The Bertz CT molecular complexity index is 861. The number of amides is 1. The average molecular weight is 357 g/mol. The summed E-state index contributed by atoms with van der Waals surface area (Å²) in [6.07, 6.45) is 0. The zero-order valence-electron chi connectivity index (χ0n) is 14.8. The molecule has 0 spiro atoms. The summed E-state index contributed by atoms with van der Waals surface area (Å²) in [5, 5.41) is 2.79. The first-order valence-corrected chi connectivity index (χ1v) is 7.95. The van der Waals surface area contributed by atoms with Gasteiger partial charge in [0.2, 0.25) is 5.75 Å². The second kappa shape index (κ2) is 7.35. The zero-order chi connectivity index (χ0) is 18.7. The predicted molar refractivity (Wildman–Crippen MR) is 93.7 cm³/mol. The lowest BCUT2D eigenvalue weighted by Gasteiger charge is -2.17. The molecule has 26 heavy (non-hydrogen) atoms. The second-order valence-corrected chi connectivity index (χ2v) is 5.60. The second-order valence-electron chi connectivity index (χ2n) is 5.60. The van der Waals surface area contributed by atoms with Gasteiger partial charge in [-0.3, -0.25) is 4.79 Å². The van der Waals surface area contributed by atoms with Crippen LogP contribution in [-0.2, 0) is 16.1 Å². The molecular weight excluding hydrogens is 338 g/mol. The summed E-state index contributed by atoms with van der Waals surface area (Å²) in [5.41, 5.74) is 3.11. The van der Waals surface area contributed by atoms with Crippen molar-refractivity contribution in [1.82, 2.24) is 5.32 Å². The molecule has 1 aliphatic rings. The summed E-state index contributed by atoms with van der Waals surface area (Å²) in [5.74, 6) is 0.637. The fraction of sp³-hybridized carbons (Fsp3) is 0.263. The van der Waals surface area contributed by atoms with Crippen LogP contribution in [0.1, 0.15) is 15.9 Å². The third-order valence-corrected chi connectivity index (χ3v) is 4.16. The van der Waals surface area contributed by atoms with Crippen LogP contribution in [0.15, 0.2) is 30.3 Å². The normalized spacial score (nSPS) is 12.2. The van der Waals surface area contributed by atoms with E-state index >= 15 is 0 Å². The van der Waals surface area contributed by atoms with Crippen molar-refractivity contribution < 1.29 is 28.5 Å². The SMILES string of the molecule is COC(=O)COc1c(-c2ccc3c(c2)CNC3=O)ccc(OC)c1OC. The monoisotopic (exact) mass is 357 g/mol. The van der Waals surface area contributed by atoms with E-state index in [0.29, 0.717) is 34.9 Å². The highest BCUT2D eigenvalue weighted by atomic mass is 16.6. The summed E-state index contributed by atoms with van der Waals surface area (Å²) in [7, 11) is 4.31. The van der Waals surface area contributed by atoms with Gasteiger partial charge in [-0.1, -0.05) is 6.07 Å². The van der Waals surface area contributed by atoms with Gasteiger partial charge >= 0.3 is 5.97 Å². The maximum atomic E-state index is 11.8. The lowest BCUT2D eigenvalue weighted by molar-refractivity contribution is -0.142. The fourth-order valence-electron chi connectivity index (χ4n) is 2.86. The molecule has 0 radical (unpaired) electrons. The largest absolute Gasteiger partial charge is 0.493 e. The summed E-state index contributed by atoms with van der Waals surface area (Å²) < 4.78 is 21.1. The molecule has 1 N–H and O–H groups in total. The van der Waals surface area contributed by atoms with E-state index in [9.17, 15) is 9.59 Å². The van der Waals surface area contributed by atoms with Crippen molar-refractivity contribution in [2.45, 2.75) is 6.54 Å². The molecule has 136 valence electrons. The molecule has 0 fully saturated rings. The molecule has 3 rings (SSSR count). The fourth-order valence-corrected chi connectivity index (χ4v) is 2.86. The highest BCUT2D eigenvalue weighted by Gasteiger charge is 2.22. The Morgan fingerprint density at radius 1 is 1.04 bits per heavy atom. The van der Waals surface area contributed by atoms with Crippen LogP contribution in [0.25, 0.3) is 11.1 Å². The van der Waals surface area contributed by atoms with Crippen LogP contribution in [-0.4, -0.2) is 39.8 Å². The molecular formula is C19H19NO6. The molecule has 7 heteroatoms. The Kier molecular flexibility index (Phi) is 4.97. The number of ether oxygens (including phenoxy) is 4. The standard InChI is InChI=1S/C19H19NO6/c1-23-15-7-6-13(17(18(15)25-3)26-10-16(21)24-2)11-4-5-14-12(8-11)9-20-19(14)22/h4-8H,9-10H2,1-3H3,(H,20,22). The van der Waals surface area contributed by atoms with Crippen molar-refractivity contribution in [2.24, 2.45) is 0 Å². The average Bonchev–Trinajstić information content (AvgIpc) is 3.05. The minimum absolute atomic E-state index is 0.0824. The summed E-state index contributed by atoms with van der Waals surface area (Å²) in [6.45, 7) is 0.214. The van der Waals surface area contributed by atoms with E-state index < -0.39 is 5.97 Å². The first-order valence-electron chi connectivity index (χ1n) is 7.95. The van der Waals surface area contributed by atoms with E-state index in [1.165, 1.54) is 21.3 Å². The van der Waals surface area contributed by atoms with Crippen molar-refractivity contribution in [2.75, 3.05) is 27.9 Å². The van der Waals surface area contributed by atoms with Gasteiger partial charge in [0, 0.05) is 17.7 Å². The minimum Gasteiger partial charge on any atom is -0.493 e. The van der Waals surface area contributed by atoms with Crippen LogP contribution >= 0.6 is 0 Å². The van der Waals surface area contributed by atoms with E-state index in [1.807, 2.05) is 18.2 Å². The molecule has 1 aliphatic heterocycles. The quantitative estimate of drug-likeness (QED) is 0.798. The van der Waals surface area contributed by atoms with Crippen LogP contribution in [0.4, 0.5) is 0 Å². The summed E-state index contributed by atoms with van der Waals surface area (Å²) in [4.78, 5) is 23.3. The minimum atomic E-state index is -0.510. The van der Waals surface area contributed by atoms with Crippen LogP contribution in [0.5, 0.6) is 17.2 Å². The number of hydrogen-bond donors (Lipinski definition) is 1. The van der Waals surface area contributed by atoms with Gasteiger partial charge in [0.05, 0.1) is 21.3 Å². The molecule has 1 heterocycles. The molecule has 2 aromatic carbocycles. The first kappa shape index (κ1) is 17.6. The van der Waals surface area contributed by atoms with E-state index in [-0.39, 0.29) is 12.5 Å². The van der Waals surface area contributed by atoms with Gasteiger partial charge in [0.15, 0.2) is 18.1 Å². The van der Waals surface area contributed by atoms with Gasteiger partial charge in [0.25, 0.3) is 5.91 Å². The number of carbonyl (C=O) groups is 2. The number of hydrogen-bond acceptors (Lipinski definition) is 6. The zero-order valence-corrected chi connectivity index (χ0v) is 14.8. The van der Waals surface area contributed by atoms with E-state index in [2.05, 4.69) is 10.1 Å². The summed E-state index contributed by atoms with van der Waals surface area (Å²) in [6, 6.07) is 9.10. The number of nitrogens with one attached hydrogen (secondary N) is 1. The molecule has 7 nitrogen and oxygen atoms in total. The Hall–Kier alpha value is -3.22. The molecule has 0 aliphatic carbocycles. The lowest BCUT2D eigenvalue weighted by atomic mass is 9.99. The number of rotatable bonds is 6. The number of carbonyl (C=O) groups excluding carboxylic acids is 2. The van der Waals surface area contributed by atoms with E-state index in [4.69, 9.17) is 14.2 Å². The Morgan fingerprint density at radius 3 is 2.50 bits per heavy atom. The summed E-state index contributed by atoms with van der Waals surface area (Å²) >= 11 is 0. The Morgan fingerprint density at radius 2 is 1.81 bits per heavy atom. The van der Waals surface area contributed by atoms with Crippen LogP contribution in [0.3, 0.4) is 0 Å². The Labute approximate surface area is 150 Å². The topological polar surface area (TPSA) is 83.1 Å². The maximum Gasteiger partial charge on any atom is 0.343 e. The van der Waals surface area contributed by atoms with Gasteiger partial charge in [-0.15, -0.1) is 0 Å². The van der Waals surface area contributed by atoms with E-state index in [1.54, 1.807) is 12.1 Å². The van der Waals surface area contributed by atoms with Crippen LogP contribution in [0, 0.1) is 0 Å². The van der Waals surface area contributed by atoms with Crippen molar-refractivity contribution in [3.63, 3.8) is 0 Å². The number of benzene rings is 2. The molecule has 1 amide bonds. The van der Waals surface area contributed by atoms with Crippen molar-refractivity contribution in [3.8, 4) is 28.4 Å². The smallest absolute Gasteiger partial charge is 0.343 e. The molecule has 0 unspecified atom stereocenters. The third kappa shape index (κ3) is 3.15. The predicted octanol–water partition coefficient (Wildman–Crippen LogP) is 2.17. The molecule has 0 aromatic heterocycles. The highest BCUT2D eigenvalue weighted by Crippen LogP contribution is 2.44. The van der Waals surface area contributed by atoms with E-state index in [0.717, 1.165) is 11.1 Å². The maximum absolute atomic E-state index is 11.8. The molecule has 0 saturated carbocycles. The van der Waals surface area contributed by atoms with Gasteiger partial charge in [-0.25, -0.2) is 4.79 Å². The number of fused-ring (bicyclic) bond motifs is 1. The number of methoxy groups -OCH3 is 3. The van der Waals surface area contributed by atoms with Gasteiger partial charge in [0.1, 0.15) is 0 Å². The first-order chi connectivity index (χ1) is 12.6. The van der Waals surface area contributed by atoms with Crippen molar-refractivity contribution in [1.29, 1.82) is 0 Å². The molecule has 2 aromatic rings. The molecule has 0 atom stereocenters. The molecule has 0 bridgehead atoms.